The third-order valence-corrected chi connectivity index (χ3v) is 2.52. The van der Waals surface area contributed by atoms with E-state index < -0.39 is 0 Å². The minimum atomic E-state index is 0. The Kier molecular flexibility index (Phi) is 5.57. The summed E-state index contributed by atoms with van der Waals surface area (Å²) < 4.78 is 0. The molecule has 0 bridgehead atoms. The van der Waals surface area contributed by atoms with E-state index in [-0.39, 0.29) is 17.1 Å². The minimum absolute atomic E-state index is 0. The molecule has 0 saturated heterocycles. The Hall–Kier alpha value is -0.0805. The van der Waals surface area contributed by atoms with E-state index in [2.05, 4.69) is 32.0 Å². The van der Waals surface area contributed by atoms with Crippen molar-refractivity contribution < 1.29 is 17.1 Å². The van der Waals surface area contributed by atoms with Gasteiger partial charge in [-0.2, -0.15) is 4.90 Å². The monoisotopic (exact) mass is 243 g/mol. The Balaban J connectivity index is 0.00000144. The first-order valence-electron chi connectivity index (χ1n) is 4.05. The number of benzene rings is 1. The van der Waals surface area contributed by atoms with Gasteiger partial charge in [-0.05, 0) is 21.0 Å². The van der Waals surface area contributed by atoms with Gasteiger partial charge in [0.2, 0.25) is 0 Å². The molecule has 0 aliphatic rings. The summed E-state index contributed by atoms with van der Waals surface area (Å²) in [6, 6.07) is 8.48. The van der Waals surface area contributed by atoms with Crippen molar-refractivity contribution in [3.63, 3.8) is 0 Å². The van der Waals surface area contributed by atoms with E-state index in [0.717, 1.165) is 4.90 Å². The van der Waals surface area contributed by atoms with Crippen LogP contribution in [0, 0.1) is 0 Å². The summed E-state index contributed by atoms with van der Waals surface area (Å²) in [6.45, 7) is 2.16. The van der Waals surface area contributed by atoms with Gasteiger partial charge in [0, 0.05) is 6.04 Å². The van der Waals surface area contributed by atoms with E-state index in [1.165, 1.54) is 5.56 Å². The fourth-order valence-electron chi connectivity index (χ4n) is 1.10. The number of nitrogens with zero attached hydrogens (tertiary/aromatic N) is 1. The average molecular weight is 244 g/mol. The van der Waals surface area contributed by atoms with Gasteiger partial charge in [-0.3, -0.25) is 0 Å². The third-order valence-electron chi connectivity index (χ3n) is 2.14. The van der Waals surface area contributed by atoms with Crippen molar-refractivity contribution in [1.82, 2.24) is 4.90 Å². The summed E-state index contributed by atoms with van der Waals surface area (Å²) in [6.07, 6.45) is 0. The molecule has 1 aromatic carbocycles. The van der Waals surface area contributed by atoms with Gasteiger partial charge in [-0.1, -0.05) is 29.8 Å². The van der Waals surface area contributed by atoms with Crippen molar-refractivity contribution in [2.24, 2.45) is 0 Å². The zero-order chi connectivity index (χ0) is 9.14. The van der Waals surface area contributed by atoms with Crippen LogP contribution in [0.25, 0.3) is 0 Å². The molecule has 0 aliphatic heterocycles. The van der Waals surface area contributed by atoms with Crippen LogP contribution >= 0.6 is 0 Å². The Morgan fingerprint density at radius 2 is 1.77 bits per heavy atom. The first-order chi connectivity index (χ1) is 5.63. The second-order valence-corrected chi connectivity index (χ2v) is 3.62. The fourth-order valence-corrected chi connectivity index (χ4v) is 1.42. The largest absolute Gasteiger partial charge is 1.00 e. The van der Waals surface area contributed by atoms with Crippen LogP contribution in [0.4, 0.5) is 0 Å². The standard InChI is InChI=1S/C10H15NS.Cu/c1-8(11(2)3)9-6-4-5-7-10(9)12;/h4-8,12H,1-3H3;/q;+1/p-1/t8-;/m1./s1. The van der Waals surface area contributed by atoms with E-state index in [0.29, 0.717) is 6.04 Å². The predicted octanol–water partition coefficient (Wildman–Crippen LogP) is 2.21. The van der Waals surface area contributed by atoms with E-state index in [1.54, 1.807) is 0 Å². The van der Waals surface area contributed by atoms with Crippen LogP contribution < -0.4 is 0 Å². The van der Waals surface area contributed by atoms with Crippen LogP contribution in [0.3, 0.4) is 0 Å². The number of hydrogen-bond acceptors (Lipinski definition) is 2. The first kappa shape index (κ1) is 12.9. The maximum atomic E-state index is 5.22. The number of rotatable bonds is 2. The summed E-state index contributed by atoms with van der Waals surface area (Å²) in [5.74, 6) is 0. The van der Waals surface area contributed by atoms with Gasteiger partial charge in [0.15, 0.2) is 0 Å². The molecule has 3 heteroatoms. The molecule has 1 aromatic rings. The molecule has 0 heterocycles. The van der Waals surface area contributed by atoms with Crippen molar-refractivity contribution in [3.05, 3.63) is 29.8 Å². The smallest absolute Gasteiger partial charge is 0.779 e. The molecule has 1 rings (SSSR count). The molecule has 13 heavy (non-hydrogen) atoms. The molecule has 0 unspecified atom stereocenters. The van der Waals surface area contributed by atoms with Crippen LogP contribution in [0.5, 0.6) is 0 Å². The fraction of sp³-hybridized carbons (Fsp3) is 0.400. The Bertz CT molecular complexity index is 263. The first-order valence-corrected chi connectivity index (χ1v) is 4.46. The van der Waals surface area contributed by atoms with Crippen molar-refractivity contribution >= 4 is 12.6 Å². The van der Waals surface area contributed by atoms with Crippen LogP contribution in [-0.4, -0.2) is 19.0 Å². The van der Waals surface area contributed by atoms with E-state index in [1.807, 2.05) is 18.2 Å². The summed E-state index contributed by atoms with van der Waals surface area (Å²) in [4.78, 5) is 3.12. The van der Waals surface area contributed by atoms with Gasteiger partial charge in [-0.15, -0.1) is 0 Å². The molecule has 0 radical (unpaired) electrons. The van der Waals surface area contributed by atoms with Gasteiger partial charge in [0.05, 0.1) is 0 Å². The summed E-state index contributed by atoms with van der Waals surface area (Å²) in [5, 5.41) is 0. The van der Waals surface area contributed by atoms with Crippen LogP contribution in [0.15, 0.2) is 29.2 Å². The van der Waals surface area contributed by atoms with Crippen molar-refractivity contribution in [2.75, 3.05) is 14.1 Å². The summed E-state index contributed by atoms with van der Waals surface area (Å²) >= 11 is 5.22. The van der Waals surface area contributed by atoms with Gasteiger partial charge in [-0.25, -0.2) is 0 Å². The molecule has 0 aromatic heterocycles. The van der Waals surface area contributed by atoms with Crippen molar-refractivity contribution in [3.8, 4) is 0 Å². The summed E-state index contributed by atoms with van der Waals surface area (Å²) in [5.41, 5.74) is 1.23. The number of hydrogen-bond donors (Lipinski definition) is 0. The average Bonchev–Trinajstić information content (AvgIpc) is 2.04. The Morgan fingerprint density at radius 3 is 2.23 bits per heavy atom. The SMILES string of the molecule is C[C@H](c1ccccc1[S-])N(C)C.[Cu+]. The zero-order valence-corrected chi connectivity index (χ0v) is 9.80. The van der Waals surface area contributed by atoms with Crippen LogP contribution in [0.2, 0.25) is 0 Å². The van der Waals surface area contributed by atoms with Crippen molar-refractivity contribution in [2.45, 2.75) is 17.9 Å². The van der Waals surface area contributed by atoms with E-state index in [9.17, 15) is 0 Å². The molecule has 0 amide bonds. The second kappa shape index (κ2) is 5.61. The second-order valence-electron chi connectivity index (χ2n) is 3.18. The molecule has 0 spiro atoms. The molecule has 0 saturated carbocycles. The van der Waals surface area contributed by atoms with Crippen LogP contribution in [-0.2, 0) is 29.7 Å². The van der Waals surface area contributed by atoms with Crippen LogP contribution in [0.1, 0.15) is 18.5 Å². The molecule has 1 nitrogen and oxygen atoms in total. The maximum absolute atomic E-state index is 5.22. The Morgan fingerprint density at radius 1 is 1.23 bits per heavy atom. The molecule has 1 atom stereocenters. The van der Waals surface area contributed by atoms with Gasteiger partial charge in [0.1, 0.15) is 0 Å². The molecule has 0 N–H and O–H groups in total. The molecular formula is C10H14CuNS. The van der Waals surface area contributed by atoms with Gasteiger partial charge < -0.3 is 17.5 Å². The molecule has 76 valence electrons. The third kappa shape index (κ3) is 3.28. The van der Waals surface area contributed by atoms with E-state index >= 15 is 0 Å². The quantitative estimate of drug-likeness (QED) is 0.579. The van der Waals surface area contributed by atoms with Gasteiger partial charge >= 0.3 is 17.1 Å². The predicted molar refractivity (Wildman–Crippen MR) is 54.2 cm³/mol. The van der Waals surface area contributed by atoms with Gasteiger partial charge in [0.25, 0.3) is 0 Å². The summed E-state index contributed by atoms with van der Waals surface area (Å²) in [7, 11) is 4.12. The van der Waals surface area contributed by atoms with Crippen molar-refractivity contribution in [1.29, 1.82) is 0 Å². The molecule has 0 aliphatic carbocycles. The zero-order valence-electron chi connectivity index (χ0n) is 8.04. The van der Waals surface area contributed by atoms with E-state index in [4.69, 9.17) is 12.6 Å². The maximum Gasteiger partial charge on any atom is 1.00 e. The minimum Gasteiger partial charge on any atom is -0.779 e. The molecular weight excluding hydrogens is 230 g/mol. The topological polar surface area (TPSA) is 3.24 Å². The normalized spacial score (nSPS) is 12.3. The Labute approximate surface area is 96.4 Å². The molecule has 0 fully saturated rings.